The average Bonchev–Trinajstić information content (AvgIpc) is 2.50. The molecular weight excluding hydrogens is 333 g/mol. The number of hydrogen-bond donors (Lipinski definition) is 1. The minimum Gasteiger partial charge on any atom is -0.325 e. The number of nitrogens with zero attached hydrogens (tertiary/aromatic N) is 1. The van der Waals surface area contributed by atoms with E-state index in [9.17, 15) is 28.1 Å². The van der Waals surface area contributed by atoms with Crippen molar-refractivity contribution in [1.29, 1.82) is 0 Å². The van der Waals surface area contributed by atoms with E-state index in [2.05, 4.69) is 5.32 Å². The first-order valence-electron chi connectivity index (χ1n) is 6.18. The Morgan fingerprint density at radius 3 is 2.43 bits per heavy atom. The Morgan fingerprint density at radius 2 is 1.78 bits per heavy atom. The Balaban J connectivity index is 1.98. The minimum atomic E-state index is -1.02. The van der Waals surface area contributed by atoms with Crippen molar-refractivity contribution < 1.29 is 22.9 Å². The molecule has 23 heavy (non-hydrogen) atoms. The Labute approximate surface area is 132 Å². The Bertz CT molecular complexity index is 771. The van der Waals surface area contributed by atoms with Crippen molar-refractivity contribution in [1.82, 2.24) is 0 Å². The van der Waals surface area contributed by atoms with E-state index in [0.29, 0.717) is 4.90 Å². The number of nitrogens with one attached hydrogen (secondary N) is 1. The van der Waals surface area contributed by atoms with Crippen molar-refractivity contribution in [3.63, 3.8) is 0 Å². The van der Waals surface area contributed by atoms with Crippen LogP contribution in [-0.2, 0) is 4.79 Å². The van der Waals surface area contributed by atoms with Gasteiger partial charge in [0.05, 0.1) is 10.7 Å². The molecule has 2 aromatic carbocycles. The van der Waals surface area contributed by atoms with Crippen LogP contribution in [0.1, 0.15) is 0 Å². The standard InChI is InChI=1S/C14H9F3N2O3S/c15-10-4-2-9(6-12(10)17)23-7-14(20)18-8-1-3-11(16)13(5-8)19(21)22/h1-6H,7H2,(H,18,20). The van der Waals surface area contributed by atoms with Crippen LogP contribution in [0.25, 0.3) is 0 Å². The molecule has 0 heterocycles. The summed E-state index contributed by atoms with van der Waals surface area (Å²) in [6.07, 6.45) is 0. The molecule has 0 saturated carbocycles. The van der Waals surface area contributed by atoms with Crippen molar-refractivity contribution in [2.24, 2.45) is 0 Å². The van der Waals surface area contributed by atoms with Crippen LogP contribution >= 0.6 is 11.8 Å². The molecule has 0 aliphatic carbocycles. The largest absolute Gasteiger partial charge is 0.325 e. The first-order chi connectivity index (χ1) is 10.9. The van der Waals surface area contributed by atoms with Crippen LogP contribution in [0, 0.1) is 27.6 Å². The number of hydrogen-bond acceptors (Lipinski definition) is 4. The number of nitro benzene ring substituents is 1. The number of nitro groups is 1. The smallest absolute Gasteiger partial charge is 0.306 e. The predicted molar refractivity (Wildman–Crippen MR) is 78.8 cm³/mol. The van der Waals surface area contributed by atoms with E-state index >= 15 is 0 Å². The predicted octanol–water partition coefficient (Wildman–Crippen LogP) is 3.74. The van der Waals surface area contributed by atoms with Gasteiger partial charge in [-0.05, 0) is 30.3 Å². The molecule has 0 aliphatic heterocycles. The molecule has 0 spiro atoms. The third-order valence-corrected chi connectivity index (χ3v) is 3.68. The molecule has 0 fully saturated rings. The van der Waals surface area contributed by atoms with Crippen molar-refractivity contribution in [3.8, 4) is 0 Å². The monoisotopic (exact) mass is 342 g/mol. The van der Waals surface area contributed by atoms with Crippen molar-refractivity contribution in [3.05, 3.63) is 64.0 Å². The van der Waals surface area contributed by atoms with Gasteiger partial charge in [0.25, 0.3) is 0 Å². The summed E-state index contributed by atoms with van der Waals surface area (Å²) >= 11 is 0.958. The van der Waals surface area contributed by atoms with Crippen molar-refractivity contribution in [2.45, 2.75) is 4.90 Å². The Hall–Kier alpha value is -2.55. The van der Waals surface area contributed by atoms with Gasteiger partial charge in [0, 0.05) is 16.6 Å². The highest BCUT2D eigenvalue weighted by Crippen LogP contribution is 2.23. The summed E-state index contributed by atoms with van der Waals surface area (Å²) in [6, 6.07) is 6.17. The summed E-state index contributed by atoms with van der Waals surface area (Å²) in [4.78, 5) is 21.8. The first-order valence-corrected chi connectivity index (χ1v) is 7.17. The summed E-state index contributed by atoms with van der Waals surface area (Å²) in [7, 11) is 0. The fourth-order valence-corrected chi connectivity index (χ4v) is 2.36. The highest BCUT2D eigenvalue weighted by molar-refractivity contribution is 8.00. The Morgan fingerprint density at radius 1 is 1.09 bits per heavy atom. The summed E-state index contributed by atoms with van der Waals surface area (Å²) in [5, 5.41) is 13.0. The van der Waals surface area contributed by atoms with Gasteiger partial charge in [0.15, 0.2) is 11.6 Å². The second kappa shape index (κ2) is 7.14. The van der Waals surface area contributed by atoms with Gasteiger partial charge in [-0.15, -0.1) is 11.8 Å². The fourth-order valence-electron chi connectivity index (χ4n) is 1.64. The van der Waals surface area contributed by atoms with Crippen LogP contribution in [0.5, 0.6) is 0 Å². The molecule has 0 radical (unpaired) electrons. The number of thioether (sulfide) groups is 1. The van der Waals surface area contributed by atoms with Crippen molar-refractivity contribution >= 4 is 29.0 Å². The third-order valence-electron chi connectivity index (χ3n) is 2.69. The van der Waals surface area contributed by atoms with Gasteiger partial charge >= 0.3 is 5.69 Å². The third kappa shape index (κ3) is 4.46. The molecule has 9 heteroatoms. The minimum absolute atomic E-state index is 0.0639. The van der Waals surface area contributed by atoms with E-state index in [4.69, 9.17) is 0 Å². The molecule has 0 unspecified atom stereocenters. The zero-order valence-corrected chi connectivity index (χ0v) is 12.2. The number of anilines is 1. The number of amides is 1. The first kappa shape index (κ1) is 16.8. The van der Waals surface area contributed by atoms with Gasteiger partial charge in [0.1, 0.15) is 0 Å². The van der Waals surface area contributed by atoms with E-state index in [-0.39, 0.29) is 11.4 Å². The molecule has 0 aliphatic rings. The van der Waals surface area contributed by atoms with Crippen LogP contribution in [-0.4, -0.2) is 16.6 Å². The topological polar surface area (TPSA) is 72.2 Å². The lowest BCUT2D eigenvalue weighted by Gasteiger charge is -2.06. The molecule has 0 aromatic heterocycles. The van der Waals surface area contributed by atoms with E-state index < -0.39 is 34.0 Å². The van der Waals surface area contributed by atoms with Crippen molar-refractivity contribution in [2.75, 3.05) is 11.1 Å². The van der Waals surface area contributed by atoms with Gasteiger partial charge in [0.2, 0.25) is 11.7 Å². The van der Waals surface area contributed by atoms with E-state index in [1.165, 1.54) is 12.1 Å². The van der Waals surface area contributed by atoms with Crippen LogP contribution in [0.15, 0.2) is 41.3 Å². The quantitative estimate of drug-likeness (QED) is 0.510. The highest BCUT2D eigenvalue weighted by Gasteiger charge is 2.15. The maximum Gasteiger partial charge on any atom is 0.306 e. The van der Waals surface area contributed by atoms with E-state index in [1.54, 1.807) is 0 Å². The van der Waals surface area contributed by atoms with Crippen LogP contribution in [0.3, 0.4) is 0 Å². The van der Waals surface area contributed by atoms with Gasteiger partial charge in [-0.3, -0.25) is 14.9 Å². The van der Waals surface area contributed by atoms with E-state index in [1.807, 2.05) is 0 Å². The molecular formula is C14H9F3N2O3S. The van der Waals surface area contributed by atoms with Gasteiger partial charge in [-0.1, -0.05) is 0 Å². The van der Waals surface area contributed by atoms with Gasteiger partial charge in [-0.25, -0.2) is 8.78 Å². The molecule has 1 N–H and O–H groups in total. The zero-order chi connectivity index (χ0) is 17.0. The molecule has 1 amide bonds. The molecule has 0 bridgehead atoms. The number of rotatable bonds is 5. The lowest BCUT2D eigenvalue weighted by atomic mass is 10.2. The van der Waals surface area contributed by atoms with Gasteiger partial charge < -0.3 is 5.32 Å². The molecule has 2 rings (SSSR count). The SMILES string of the molecule is O=C(CSc1ccc(F)c(F)c1)Nc1ccc(F)c([N+](=O)[O-])c1. The summed E-state index contributed by atoms with van der Waals surface area (Å²) < 4.78 is 39.0. The van der Waals surface area contributed by atoms with Crippen LogP contribution in [0.4, 0.5) is 24.5 Å². The lowest BCUT2D eigenvalue weighted by molar-refractivity contribution is -0.387. The molecule has 120 valence electrons. The van der Waals surface area contributed by atoms with Crippen LogP contribution in [0.2, 0.25) is 0 Å². The summed E-state index contributed by atoms with van der Waals surface area (Å²) in [6.45, 7) is 0. The molecule has 0 saturated heterocycles. The maximum absolute atomic E-state index is 13.2. The lowest BCUT2D eigenvalue weighted by Crippen LogP contribution is -2.14. The number of benzene rings is 2. The fraction of sp³-hybridized carbons (Fsp3) is 0.0714. The second-order valence-electron chi connectivity index (χ2n) is 4.34. The molecule has 5 nitrogen and oxygen atoms in total. The molecule has 0 atom stereocenters. The zero-order valence-electron chi connectivity index (χ0n) is 11.4. The number of halogens is 3. The second-order valence-corrected chi connectivity index (χ2v) is 5.38. The molecule has 2 aromatic rings. The average molecular weight is 342 g/mol. The highest BCUT2D eigenvalue weighted by atomic mass is 32.2. The normalized spacial score (nSPS) is 10.4. The van der Waals surface area contributed by atoms with Gasteiger partial charge in [-0.2, -0.15) is 4.39 Å². The number of carbonyl (C=O) groups excluding carboxylic acids is 1. The summed E-state index contributed by atoms with van der Waals surface area (Å²) in [5.74, 6) is -3.68. The Kier molecular flexibility index (Phi) is 5.22. The van der Waals surface area contributed by atoms with Crippen LogP contribution < -0.4 is 5.32 Å². The number of carbonyl (C=O) groups is 1. The maximum atomic E-state index is 13.2. The summed E-state index contributed by atoms with van der Waals surface area (Å²) in [5.41, 5.74) is -0.690. The van der Waals surface area contributed by atoms with E-state index in [0.717, 1.165) is 36.0 Å².